The van der Waals surface area contributed by atoms with Crippen molar-refractivity contribution in [2.75, 3.05) is 30.3 Å². The molecular formula is C24H29ClFN5O2S. The SMILES string of the molecule is CC1CN(c2cc(Cl)nc(SCC(=O)NC3CCCCC3)n2)CCN1C(=O)c1cccc(F)c1. The number of carbonyl (C=O) groups excluding carboxylic acids is 2. The second kappa shape index (κ2) is 11.4. The van der Waals surface area contributed by atoms with Crippen LogP contribution in [-0.4, -0.2) is 64.2 Å². The fourth-order valence-corrected chi connectivity index (χ4v) is 5.41. The van der Waals surface area contributed by atoms with Gasteiger partial charge in [0.15, 0.2) is 5.16 Å². The van der Waals surface area contributed by atoms with Gasteiger partial charge in [0.25, 0.3) is 5.91 Å². The molecule has 1 unspecified atom stereocenters. The standard InChI is InChI=1S/C24H29ClFN5O2S/c1-16-14-30(10-11-31(16)23(33)17-6-5-7-18(26)12-17)21-13-20(25)28-24(29-21)34-15-22(32)27-19-8-3-2-4-9-19/h5-7,12-13,16,19H,2-4,8-11,14-15H2,1H3,(H,27,32). The molecule has 4 rings (SSSR count). The highest BCUT2D eigenvalue weighted by molar-refractivity contribution is 7.99. The van der Waals surface area contributed by atoms with Crippen LogP contribution in [0.15, 0.2) is 35.5 Å². The van der Waals surface area contributed by atoms with E-state index >= 15 is 0 Å². The first-order chi connectivity index (χ1) is 16.4. The van der Waals surface area contributed by atoms with Crippen molar-refractivity contribution in [2.24, 2.45) is 0 Å². The molecule has 1 aliphatic heterocycles. The molecule has 34 heavy (non-hydrogen) atoms. The molecule has 2 amide bonds. The third kappa shape index (κ3) is 6.39. The van der Waals surface area contributed by atoms with Gasteiger partial charge in [0, 0.05) is 43.3 Å². The van der Waals surface area contributed by atoms with E-state index in [-0.39, 0.29) is 29.7 Å². The van der Waals surface area contributed by atoms with Crippen molar-refractivity contribution >= 4 is 41.0 Å². The van der Waals surface area contributed by atoms with Crippen molar-refractivity contribution < 1.29 is 14.0 Å². The number of nitrogens with zero attached hydrogens (tertiary/aromatic N) is 4. The van der Waals surface area contributed by atoms with Gasteiger partial charge in [-0.1, -0.05) is 48.7 Å². The Morgan fingerprint density at radius 1 is 1.18 bits per heavy atom. The van der Waals surface area contributed by atoms with E-state index in [2.05, 4.69) is 20.2 Å². The lowest BCUT2D eigenvalue weighted by molar-refractivity contribution is -0.119. The lowest BCUT2D eigenvalue weighted by Crippen LogP contribution is -2.54. The van der Waals surface area contributed by atoms with Crippen LogP contribution in [0.25, 0.3) is 0 Å². The maximum atomic E-state index is 13.5. The highest BCUT2D eigenvalue weighted by Gasteiger charge is 2.29. The molecule has 1 atom stereocenters. The number of nitrogens with one attached hydrogen (secondary N) is 1. The van der Waals surface area contributed by atoms with Crippen LogP contribution < -0.4 is 10.2 Å². The Morgan fingerprint density at radius 3 is 2.71 bits per heavy atom. The van der Waals surface area contributed by atoms with E-state index in [0.29, 0.717) is 41.3 Å². The molecule has 1 aliphatic carbocycles. The van der Waals surface area contributed by atoms with Crippen molar-refractivity contribution in [3.8, 4) is 0 Å². The minimum Gasteiger partial charge on any atom is -0.353 e. The van der Waals surface area contributed by atoms with Crippen molar-refractivity contribution in [3.63, 3.8) is 0 Å². The summed E-state index contributed by atoms with van der Waals surface area (Å²) >= 11 is 7.53. The number of benzene rings is 1. The topological polar surface area (TPSA) is 78.4 Å². The van der Waals surface area contributed by atoms with Crippen molar-refractivity contribution in [1.29, 1.82) is 0 Å². The van der Waals surface area contributed by atoms with Gasteiger partial charge in [-0.15, -0.1) is 0 Å². The fourth-order valence-electron chi connectivity index (χ4n) is 4.51. The van der Waals surface area contributed by atoms with Crippen LogP contribution >= 0.6 is 23.4 Å². The van der Waals surface area contributed by atoms with Gasteiger partial charge >= 0.3 is 0 Å². The van der Waals surface area contributed by atoms with Gasteiger partial charge in [-0.2, -0.15) is 0 Å². The monoisotopic (exact) mass is 505 g/mol. The molecule has 0 spiro atoms. The molecule has 2 fully saturated rings. The lowest BCUT2D eigenvalue weighted by Gasteiger charge is -2.40. The van der Waals surface area contributed by atoms with Crippen molar-refractivity contribution in [3.05, 3.63) is 46.9 Å². The highest BCUT2D eigenvalue weighted by atomic mass is 35.5. The molecule has 10 heteroatoms. The third-order valence-corrected chi connectivity index (χ3v) is 7.29. The Hall–Kier alpha value is -2.39. The fraction of sp³-hybridized carbons (Fsp3) is 0.500. The van der Waals surface area contributed by atoms with Gasteiger partial charge in [0.1, 0.15) is 16.8 Å². The summed E-state index contributed by atoms with van der Waals surface area (Å²) in [5.74, 6) is 0.278. The Balaban J connectivity index is 1.35. The molecule has 1 saturated heterocycles. The summed E-state index contributed by atoms with van der Waals surface area (Å²) in [6.45, 7) is 3.55. The van der Waals surface area contributed by atoms with E-state index in [9.17, 15) is 14.0 Å². The second-order valence-corrected chi connectivity index (χ2v) is 10.2. The van der Waals surface area contributed by atoms with E-state index in [1.54, 1.807) is 23.1 Å². The average Bonchev–Trinajstić information content (AvgIpc) is 2.82. The van der Waals surface area contributed by atoms with Crippen molar-refractivity contribution in [2.45, 2.75) is 56.3 Å². The molecule has 7 nitrogen and oxygen atoms in total. The quantitative estimate of drug-likeness (QED) is 0.361. The van der Waals surface area contributed by atoms with Gasteiger partial charge < -0.3 is 15.1 Å². The number of piperazine rings is 1. The summed E-state index contributed by atoms with van der Waals surface area (Å²) in [5.41, 5.74) is 0.343. The number of aromatic nitrogens is 2. The molecule has 1 saturated carbocycles. The van der Waals surface area contributed by atoms with Crippen LogP contribution in [-0.2, 0) is 4.79 Å². The lowest BCUT2D eigenvalue weighted by atomic mass is 9.95. The molecule has 1 N–H and O–H groups in total. The van der Waals surface area contributed by atoms with Crippen LogP contribution in [0.1, 0.15) is 49.4 Å². The number of rotatable bonds is 6. The number of hydrogen-bond acceptors (Lipinski definition) is 6. The third-order valence-electron chi connectivity index (χ3n) is 6.25. The summed E-state index contributed by atoms with van der Waals surface area (Å²) in [4.78, 5) is 37.9. The van der Waals surface area contributed by atoms with Gasteiger partial charge in [-0.3, -0.25) is 9.59 Å². The minimum atomic E-state index is -0.426. The van der Waals surface area contributed by atoms with E-state index < -0.39 is 5.82 Å². The molecule has 1 aromatic heterocycles. The number of anilines is 1. The molecule has 1 aromatic carbocycles. The highest BCUT2D eigenvalue weighted by Crippen LogP contribution is 2.25. The molecule has 2 aliphatic rings. The Bertz CT molecular complexity index is 1040. The van der Waals surface area contributed by atoms with E-state index in [1.807, 2.05) is 6.92 Å². The minimum absolute atomic E-state index is 0.0138. The summed E-state index contributed by atoms with van der Waals surface area (Å²) in [6, 6.07) is 7.63. The van der Waals surface area contributed by atoms with E-state index in [1.165, 1.54) is 43.2 Å². The zero-order chi connectivity index (χ0) is 24.1. The van der Waals surface area contributed by atoms with E-state index in [0.717, 1.165) is 12.8 Å². The van der Waals surface area contributed by atoms with Gasteiger partial charge in [0.05, 0.1) is 5.75 Å². The van der Waals surface area contributed by atoms with Crippen LogP contribution in [0.3, 0.4) is 0 Å². The molecule has 2 aromatic rings. The second-order valence-electron chi connectivity index (χ2n) is 8.83. The average molecular weight is 506 g/mol. The van der Waals surface area contributed by atoms with E-state index in [4.69, 9.17) is 11.6 Å². The Kier molecular flexibility index (Phi) is 8.26. The largest absolute Gasteiger partial charge is 0.353 e. The first kappa shape index (κ1) is 24.7. The summed E-state index contributed by atoms with van der Waals surface area (Å²) < 4.78 is 13.5. The number of halogens is 2. The maximum Gasteiger partial charge on any atom is 0.254 e. The van der Waals surface area contributed by atoms with Gasteiger partial charge in [-0.05, 0) is 38.0 Å². The van der Waals surface area contributed by atoms with Gasteiger partial charge in [0.2, 0.25) is 5.91 Å². The Labute approximate surface area is 208 Å². The molecule has 0 radical (unpaired) electrons. The Morgan fingerprint density at radius 2 is 1.97 bits per heavy atom. The first-order valence-corrected chi connectivity index (χ1v) is 13.0. The molecule has 0 bridgehead atoms. The van der Waals surface area contributed by atoms with Crippen LogP contribution in [0, 0.1) is 5.82 Å². The van der Waals surface area contributed by atoms with Crippen LogP contribution in [0.5, 0.6) is 0 Å². The number of hydrogen-bond donors (Lipinski definition) is 1. The number of carbonyl (C=O) groups is 2. The summed E-state index contributed by atoms with van der Waals surface area (Å²) in [7, 11) is 0. The predicted molar refractivity (Wildman–Crippen MR) is 132 cm³/mol. The normalized spacial score (nSPS) is 19.2. The number of amides is 2. The molecular weight excluding hydrogens is 477 g/mol. The molecule has 182 valence electrons. The first-order valence-electron chi connectivity index (χ1n) is 11.7. The maximum absolute atomic E-state index is 13.5. The number of thioether (sulfide) groups is 1. The van der Waals surface area contributed by atoms with Crippen LogP contribution in [0.4, 0.5) is 10.2 Å². The molecule has 2 heterocycles. The smallest absolute Gasteiger partial charge is 0.254 e. The van der Waals surface area contributed by atoms with Crippen molar-refractivity contribution in [1.82, 2.24) is 20.2 Å². The van der Waals surface area contributed by atoms with Gasteiger partial charge in [-0.25, -0.2) is 14.4 Å². The zero-order valence-electron chi connectivity index (χ0n) is 19.2. The summed E-state index contributed by atoms with van der Waals surface area (Å²) in [6.07, 6.45) is 5.66. The zero-order valence-corrected chi connectivity index (χ0v) is 20.7. The van der Waals surface area contributed by atoms with Crippen LogP contribution in [0.2, 0.25) is 5.15 Å². The summed E-state index contributed by atoms with van der Waals surface area (Å²) in [5, 5.41) is 3.86. The predicted octanol–water partition coefficient (Wildman–Crippen LogP) is 4.16.